The van der Waals surface area contributed by atoms with E-state index in [4.69, 9.17) is 0 Å². The van der Waals surface area contributed by atoms with E-state index in [9.17, 15) is 39.6 Å². The summed E-state index contributed by atoms with van der Waals surface area (Å²) in [5.41, 5.74) is -0.930. The molecule has 0 amide bonds. The molecular formula is C10H8N2Na2NiO8. The third-order valence-electron chi connectivity index (χ3n) is 2.70. The molecule has 0 spiro atoms. The van der Waals surface area contributed by atoms with Gasteiger partial charge in [-0.2, -0.15) is 0 Å². The van der Waals surface area contributed by atoms with E-state index in [0.717, 1.165) is 0 Å². The third kappa shape index (κ3) is 7.61. The van der Waals surface area contributed by atoms with E-state index in [1.165, 1.54) is 0 Å². The molecule has 1 heterocycles. The van der Waals surface area contributed by atoms with Gasteiger partial charge in [0, 0.05) is 18.9 Å². The SMILES string of the molecule is O=C([O-])CC(C(=O)[O-])N1CCN=C(C(=O)[O-])C1C(=O)[O-].[Na+].[Na+].[Ni+2]. The molecule has 0 saturated carbocycles. The molecule has 23 heavy (non-hydrogen) atoms. The first kappa shape index (κ1) is 27.8. The van der Waals surface area contributed by atoms with Gasteiger partial charge < -0.3 is 39.6 Å². The first-order valence-electron chi connectivity index (χ1n) is 5.38. The van der Waals surface area contributed by atoms with Crippen molar-refractivity contribution in [1.29, 1.82) is 0 Å². The molecule has 1 aliphatic rings. The Bertz CT molecular complexity index is 501. The predicted octanol–water partition coefficient (Wildman–Crippen LogP) is -13.1. The van der Waals surface area contributed by atoms with Crippen molar-refractivity contribution in [3.05, 3.63) is 0 Å². The Morgan fingerprint density at radius 3 is 2.00 bits per heavy atom. The maximum atomic E-state index is 11.0. The van der Waals surface area contributed by atoms with E-state index in [1.54, 1.807) is 0 Å². The van der Waals surface area contributed by atoms with Crippen LogP contribution in [0.1, 0.15) is 6.42 Å². The van der Waals surface area contributed by atoms with E-state index >= 15 is 0 Å². The molecule has 0 aromatic heterocycles. The van der Waals surface area contributed by atoms with Crippen molar-refractivity contribution >= 4 is 29.6 Å². The fraction of sp³-hybridized carbons (Fsp3) is 0.500. The van der Waals surface area contributed by atoms with E-state index in [1.807, 2.05) is 0 Å². The smallest absolute Gasteiger partial charge is 0.550 e. The number of carbonyl (C=O) groups excluding carboxylic acids is 4. The summed E-state index contributed by atoms with van der Waals surface area (Å²) >= 11 is 0. The van der Waals surface area contributed by atoms with Gasteiger partial charge in [0.25, 0.3) is 0 Å². The van der Waals surface area contributed by atoms with Crippen LogP contribution in [0.4, 0.5) is 0 Å². The van der Waals surface area contributed by atoms with Crippen LogP contribution in [-0.2, 0) is 35.7 Å². The quantitative estimate of drug-likeness (QED) is 0.399. The molecule has 0 fully saturated rings. The second-order valence-corrected chi connectivity index (χ2v) is 3.92. The van der Waals surface area contributed by atoms with Crippen molar-refractivity contribution in [2.75, 3.05) is 13.1 Å². The number of nitrogens with zero attached hydrogens (tertiary/aromatic N) is 2. The standard InChI is InChI=1S/C10H12N2O8.2Na.Ni/c13-5(14)3-4(8(15)16)12-2-1-11-6(9(17)18)7(12)10(19)20;;;/h4,7H,1-3H2,(H,13,14)(H,15,16)(H,17,18)(H,19,20);;;/q;2*+1;+2/p-4. The number of aliphatic carboxylic acids is 4. The van der Waals surface area contributed by atoms with Gasteiger partial charge in [-0.15, -0.1) is 0 Å². The summed E-state index contributed by atoms with van der Waals surface area (Å²) in [5.74, 6) is -7.47. The Balaban J connectivity index is -0.00000133. The molecule has 0 aliphatic carbocycles. The average Bonchev–Trinajstić information content (AvgIpc) is 2.34. The van der Waals surface area contributed by atoms with Gasteiger partial charge in [-0.25, -0.2) is 0 Å². The Morgan fingerprint density at radius 1 is 1.13 bits per heavy atom. The molecule has 118 valence electrons. The van der Waals surface area contributed by atoms with Crippen LogP contribution in [0.25, 0.3) is 0 Å². The Hall–Kier alpha value is 0.00351. The minimum atomic E-state index is -2.03. The van der Waals surface area contributed by atoms with E-state index in [-0.39, 0.29) is 88.7 Å². The van der Waals surface area contributed by atoms with Gasteiger partial charge in [-0.1, -0.05) is 0 Å². The molecule has 2 unspecified atom stereocenters. The maximum absolute atomic E-state index is 11.0. The van der Waals surface area contributed by atoms with Crippen molar-refractivity contribution in [2.24, 2.45) is 4.99 Å². The van der Waals surface area contributed by atoms with Crippen LogP contribution in [0, 0.1) is 0 Å². The van der Waals surface area contributed by atoms with Gasteiger partial charge in [-0.3, -0.25) is 9.89 Å². The topological polar surface area (TPSA) is 176 Å². The number of carboxylic acid groups (broad SMARTS) is 4. The van der Waals surface area contributed by atoms with Crippen molar-refractivity contribution in [1.82, 2.24) is 4.90 Å². The fourth-order valence-electron chi connectivity index (χ4n) is 1.91. The summed E-state index contributed by atoms with van der Waals surface area (Å²) in [4.78, 5) is 47.2. The largest absolute Gasteiger partial charge is 2.00 e. The van der Waals surface area contributed by atoms with Crippen LogP contribution >= 0.6 is 0 Å². The first-order chi connectivity index (χ1) is 9.25. The van der Waals surface area contributed by atoms with E-state index in [0.29, 0.717) is 4.90 Å². The molecule has 1 rings (SSSR count). The molecule has 0 radical (unpaired) electrons. The summed E-state index contributed by atoms with van der Waals surface area (Å²) in [6.07, 6.45) is -1.06. The maximum Gasteiger partial charge on any atom is 2.00 e. The minimum Gasteiger partial charge on any atom is -0.550 e. The normalized spacial score (nSPS) is 18.1. The van der Waals surface area contributed by atoms with Gasteiger partial charge in [-0.05, 0) is 0 Å². The van der Waals surface area contributed by atoms with Crippen LogP contribution in [0.15, 0.2) is 4.99 Å². The zero-order chi connectivity index (χ0) is 15.4. The molecule has 0 N–H and O–H groups in total. The number of carbonyl (C=O) groups is 4. The molecule has 2 atom stereocenters. The van der Waals surface area contributed by atoms with Gasteiger partial charge in [0.2, 0.25) is 0 Å². The van der Waals surface area contributed by atoms with Crippen LogP contribution in [0.3, 0.4) is 0 Å². The minimum absolute atomic E-state index is 0. The van der Waals surface area contributed by atoms with Crippen LogP contribution in [-0.4, -0.2) is 59.7 Å². The monoisotopic (exact) mass is 388 g/mol. The predicted molar refractivity (Wildman–Crippen MR) is 51.2 cm³/mol. The van der Waals surface area contributed by atoms with Gasteiger partial charge in [0.1, 0.15) is 0 Å². The van der Waals surface area contributed by atoms with E-state index in [2.05, 4.69) is 4.99 Å². The summed E-state index contributed by atoms with van der Waals surface area (Å²) in [5, 5.41) is 43.2. The average molecular weight is 389 g/mol. The Morgan fingerprint density at radius 2 is 1.65 bits per heavy atom. The molecule has 0 bridgehead atoms. The molecule has 0 aromatic rings. The summed E-state index contributed by atoms with van der Waals surface area (Å²) in [7, 11) is 0. The van der Waals surface area contributed by atoms with Crippen molar-refractivity contribution < 1.29 is 115 Å². The summed E-state index contributed by atoms with van der Waals surface area (Å²) in [6.45, 7) is -0.523. The molecule has 0 saturated heterocycles. The third-order valence-corrected chi connectivity index (χ3v) is 2.70. The van der Waals surface area contributed by atoms with Crippen molar-refractivity contribution in [3.8, 4) is 0 Å². The second-order valence-electron chi connectivity index (χ2n) is 3.92. The number of hydrogen-bond donors (Lipinski definition) is 0. The van der Waals surface area contributed by atoms with Gasteiger partial charge >= 0.3 is 75.6 Å². The Labute approximate surface area is 184 Å². The molecule has 1 aliphatic heterocycles. The van der Waals surface area contributed by atoms with Crippen molar-refractivity contribution in [2.45, 2.75) is 18.5 Å². The summed E-state index contributed by atoms with van der Waals surface area (Å²) in [6, 6.07) is -3.91. The molecular weight excluding hydrogens is 381 g/mol. The van der Waals surface area contributed by atoms with Gasteiger partial charge in [0.05, 0.1) is 42.2 Å². The number of carboxylic acids is 4. The number of aliphatic imine (C=N–C) groups is 1. The molecule has 10 nitrogen and oxygen atoms in total. The van der Waals surface area contributed by atoms with Gasteiger partial charge in [0.15, 0.2) is 0 Å². The first-order valence-corrected chi connectivity index (χ1v) is 5.38. The number of rotatable bonds is 6. The zero-order valence-corrected chi connectivity index (χ0v) is 17.2. The molecule has 13 heteroatoms. The Kier molecular flexibility index (Phi) is 15.0. The fourth-order valence-corrected chi connectivity index (χ4v) is 1.91. The summed E-state index contributed by atoms with van der Waals surface area (Å²) < 4.78 is 0. The van der Waals surface area contributed by atoms with Crippen LogP contribution < -0.4 is 79.5 Å². The molecule has 0 aromatic carbocycles. The van der Waals surface area contributed by atoms with Crippen molar-refractivity contribution in [3.63, 3.8) is 0 Å². The zero-order valence-electron chi connectivity index (χ0n) is 12.3. The van der Waals surface area contributed by atoms with Crippen LogP contribution in [0.2, 0.25) is 0 Å². The number of hydrogen-bond acceptors (Lipinski definition) is 10. The van der Waals surface area contributed by atoms with Crippen LogP contribution in [0.5, 0.6) is 0 Å². The second kappa shape index (κ2) is 12.4. The van der Waals surface area contributed by atoms with E-state index < -0.39 is 48.1 Å².